The van der Waals surface area contributed by atoms with Crippen molar-refractivity contribution < 1.29 is 4.79 Å². The second-order valence-corrected chi connectivity index (χ2v) is 8.42. The molecule has 2 aliphatic rings. The molecule has 7 heteroatoms. The molecule has 2 fully saturated rings. The molecule has 0 unspecified atom stereocenters. The first-order valence-corrected chi connectivity index (χ1v) is 10.9. The van der Waals surface area contributed by atoms with Gasteiger partial charge in [0.05, 0.1) is 11.9 Å². The van der Waals surface area contributed by atoms with Crippen molar-refractivity contribution in [1.29, 1.82) is 0 Å². The van der Waals surface area contributed by atoms with Crippen LogP contribution in [0.5, 0.6) is 0 Å². The number of aromatic nitrogens is 2. The smallest absolute Gasteiger partial charge is 0.269 e. The summed E-state index contributed by atoms with van der Waals surface area (Å²) in [6.07, 6.45) is 4.89. The molecule has 30 heavy (non-hydrogen) atoms. The van der Waals surface area contributed by atoms with Gasteiger partial charge in [0, 0.05) is 51.0 Å². The van der Waals surface area contributed by atoms with Crippen molar-refractivity contribution in [1.82, 2.24) is 20.2 Å². The van der Waals surface area contributed by atoms with E-state index in [1.165, 1.54) is 0 Å². The van der Waals surface area contributed by atoms with Crippen LogP contribution in [0.1, 0.15) is 47.4 Å². The largest absolute Gasteiger partial charge is 0.368 e. The number of piperazine rings is 1. The van der Waals surface area contributed by atoms with Gasteiger partial charge in [-0.3, -0.25) is 14.5 Å². The molecule has 0 aromatic carbocycles. The van der Waals surface area contributed by atoms with Gasteiger partial charge in [0.15, 0.2) is 0 Å². The molecule has 160 valence electrons. The minimum atomic E-state index is -0.157. The second-order valence-electron chi connectivity index (χ2n) is 8.42. The van der Waals surface area contributed by atoms with Gasteiger partial charge in [-0.25, -0.2) is 4.98 Å². The summed E-state index contributed by atoms with van der Waals surface area (Å²) in [6, 6.07) is 7.85. The van der Waals surface area contributed by atoms with Crippen molar-refractivity contribution in [2.24, 2.45) is 5.92 Å². The van der Waals surface area contributed by atoms with E-state index in [-0.39, 0.29) is 11.5 Å². The fourth-order valence-corrected chi connectivity index (χ4v) is 4.56. The standard InChI is InChI=1S/C23H31N5O2/c1-3-17-4-6-20(26-22(17)29)18-12-16(13-18)15-27-8-10-28(11-9-27)19-5-7-21(25-14-19)23(30)24-2/h4-7,14,16,18H,3,8-13,15H2,1-2H3,(H,24,30)(H,26,29). The van der Waals surface area contributed by atoms with Crippen LogP contribution in [0.2, 0.25) is 0 Å². The van der Waals surface area contributed by atoms with Crippen molar-refractivity contribution in [2.45, 2.75) is 32.1 Å². The number of aromatic amines is 1. The van der Waals surface area contributed by atoms with Gasteiger partial charge in [0.25, 0.3) is 11.5 Å². The zero-order valence-electron chi connectivity index (χ0n) is 17.9. The lowest BCUT2D eigenvalue weighted by Crippen LogP contribution is -2.49. The van der Waals surface area contributed by atoms with Crippen LogP contribution in [0, 0.1) is 5.92 Å². The second kappa shape index (κ2) is 9.00. The molecule has 7 nitrogen and oxygen atoms in total. The van der Waals surface area contributed by atoms with E-state index in [4.69, 9.17) is 0 Å². The number of carbonyl (C=O) groups excluding carboxylic acids is 1. The molecule has 0 radical (unpaired) electrons. The average molecular weight is 410 g/mol. The van der Waals surface area contributed by atoms with Crippen molar-refractivity contribution in [3.05, 3.63) is 57.8 Å². The molecule has 2 aromatic rings. The lowest BCUT2D eigenvalue weighted by atomic mass is 9.72. The average Bonchev–Trinajstić information content (AvgIpc) is 2.76. The van der Waals surface area contributed by atoms with Gasteiger partial charge in [0.1, 0.15) is 5.69 Å². The maximum absolute atomic E-state index is 12.0. The van der Waals surface area contributed by atoms with E-state index in [2.05, 4.69) is 31.2 Å². The van der Waals surface area contributed by atoms with Gasteiger partial charge in [-0.2, -0.15) is 0 Å². The predicted molar refractivity (Wildman–Crippen MR) is 118 cm³/mol. The van der Waals surface area contributed by atoms with E-state index in [0.29, 0.717) is 17.5 Å². The summed E-state index contributed by atoms with van der Waals surface area (Å²) in [5.74, 6) is 1.06. The maximum Gasteiger partial charge on any atom is 0.269 e. The van der Waals surface area contributed by atoms with Gasteiger partial charge >= 0.3 is 0 Å². The highest BCUT2D eigenvalue weighted by molar-refractivity contribution is 5.92. The number of H-pyrrole nitrogens is 1. The Morgan fingerprint density at radius 2 is 1.93 bits per heavy atom. The first-order valence-electron chi connectivity index (χ1n) is 10.9. The van der Waals surface area contributed by atoms with Crippen LogP contribution in [0.15, 0.2) is 35.3 Å². The van der Waals surface area contributed by atoms with E-state index >= 15 is 0 Å². The molecule has 1 saturated heterocycles. The number of carbonyl (C=O) groups is 1. The number of hydrogen-bond acceptors (Lipinski definition) is 5. The van der Waals surface area contributed by atoms with Crippen LogP contribution in [0.25, 0.3) is 0 Å². The van der Waals surface area contributed by atoms with Crippen LogP contribution in [-0.4, -0.2) is 60.5 Å². The Labute approximate surface area is 177 Å². The molecule has 3 heterocycles. The highest BCUT2D eigenvalue weighted by atomic mass is 16.1. The molecular weight excluding hydrogens is 378 g/mol. The summed E-state index contributed by atoms with van der Waals surface area (Å²) in [7, 11) is 1.61. The minimum absolute atomic E-state index is 0.0763. The molecule has 0 atom stereocenters. The van der Waals surface area contributed by atoms with Crippen LogP contribution < -0.4 is 15.8 Å². The summed E-state index contributed by atoms with van der Waals surface area (Å²) < 4.78 is 0. The third kappa shape index (κ3) is 4.41. The minimum Gasteiger partial charge on any atom is -0.368 e. The van der Waals surface area contributed by atoms with Crippen molar-refractivity contribution >= 4 is 11.6 Å². The van der Waals surface area contributed by atoms with Gasteiger partial charge < -0.3 is 15.2 Å². The third-order valence-electron chi connectivity index (χ3n) is 6.53. The lowest BCUT2D eigenvalue weighted by Gasteiger charge is -2.42. The number of nitrogens with zero attached hydrogens (tertiary/aromatic N) is 3. The Morgan fingerprint density at radius 3 is 2.53 bits per heavy atom. The van der Waals surface area contributed by atoms with E-state index in [9.17, 15) is 9.59 Å². The number of amides is 1. The highest BCUT2D eigenvalue weighted by Gasteiger charge is 2.33. The highest BCUT2D eigenvalue weighted by Crippen LogP contribution is 2.41. The molecule has 2 aromatic heterocycles. The number of anilines is 1. The fourth-order valence-electron chi connectivity index (χ4n) is 4.56. The van der Waals surface area contributed by atoms with Gasteiger partial charge in [-0.15, -0.1) is 0 Å². The Kier molecular flexibility index (Phi) is 6.18. The van der Waals surface area contributed by atoms with Gasteiger partial charge in [-0.05, 0) is 49.3 Å². The molecular formula is C23H31N5O2. The summed E-state index contributed by atoms with van der Waals surface area (Å²) in [5, 5.41) is 2.60. The van der Waals surface area contributed by atoms with Gasteiger partial charge in [0.2, 0.25) is 0 Å². The molecule has 1 saturated carbocycles. The van der Waals surface area contributed by atoms with Crippen LogP contribution in [0.4, 0.5) is 5.69 Å². The number of aryl methyl sites for hydroxylation is 1. The fraction of sp³-hybridized carbons (Fsp3) is 0.522. The van der Waals surface area contributed by atoms with Crippen molar-refractivity contribution in [3.63, 3.8) is 0 Å². The Hall–Kier alpha value is -2.67. The maximum atomic E-state index is 12.0. The number of pyridine rings is 2. The van der Waals surface area contributed by atoms with Crippen molar-refractivity contribution in [3.8, 4) is 0 Å². The van der Waals surface area contributed by atoms with E-state index in [0.717, 1.165) is 68.9 Å². The van der Waals surface area contributed by atoms with Crippen molar-refractivity contribution in [2.75, 3.05) is 44.7 Å². The van der Waals surface area contributed by atoms with Crippen LogP contribution in [-0.2, 0) is 6.42 Å². The van der Waals surface area contributed by atoms with Crippen LogP contribution in [0.3, 0.4) is 0 Å². The molecule has 1 aliphatic carbocycles. The number of nitrogens with one attached hydrogen (secondary N) is 2. The Bertz CT molecular complexity index is 925. The summed E-state index contributed by atoms with van der Waals surface area (Å²) in [4.78, 5) is 35.9. The summed E-state index contributed by atoms with van der Waals surface area (Å²) in [6.45, 7) is 7.18. The molecule has 1 amide bonds. The predicted octanol–water partition coefficient (Wildman–Crippen LogP) is 2.01. The molecule has 0 bridgehead atoms. The number of rotatable bonds is 6. The zero-order valence-corrected chi connectivity index (χ0v) is 17.9. The number of hydrogen-bond donors (Lipinski definition) is 2. The molecule has 0 spiro atoms. The first kappa shape index (κ1) is 20.6. The quantitative estimate of drug-likeness (QED) is 0.763. The van der Waals surface area contributed by atoms with E-state index < -0.39 is 0 Å². The monoisotopic (exact) mass is 409 g/mol. The van der Waals surface area contributed by atoms with Gasteiger partial charge in [-0.1, -0.05) is 13.0 Å². The molecule has 4 rings (SSSR count). The summed E-state index contributed by atoms with van der Waals surface area (Å²) >= 11 is 0. The first-order chi connectivity index (χ1) is 14.6. The third-order valence-corrected chi connectivity index (χ3v) is 6.53. The SMILES string of the molecule is CCc1ccc(C2CC(CN3CCN(c4ccc(C(=O)NC)nc4)CC3)C2)[nH]c1=O. The normalized spacial score (nSPS) is 21.9. The Balaban J connectivity index is 1.23. The summed E-state index contributed by atoms with van der Waals surface area (Å²) in [5.41, 5.74) is 3.57. The van der Waals surface area contributed by atoms with Crippen LogP contribution >= 0.6 is 0 Å². The topological polar surface area (TPSA) is 81.3 Å². The van der Waals surface area contributed by atoms with E-state index in [1.54, 1.807) is 19.3 Å². The van der Waals surface area contributed by atoms with E-state index in [1.807, 2.05) is 19.1 Å². The molecule has 1 aliphatic heterocycles. The lowest BCUT2D eigenvalue weighted by molar-refractivity contribution is 0.0958. The Morgan fingerprint density at radius 1 is 1.17 bits per heavy atom. The molecule has 2 N–H and O–H groups in total. The zero-order chi connectivity index (χ0) is 21.1.